The molecule has 19 heavy (non-hydrogen) atoms. The fourth-order valence-electron chi connectivity index (χ4n) is 2.17. The predicted octanol–water partition coefficient (Wildman–Crippen LogP) is 3.75. The molecule has 100 valence electrons. The minimum absolute atomic E-state index is 0.369. The molecule has 1 N–H and O–H groups in total. The smallest absolute Gasteiger partial charge is 0.119 e. The van der Waals surface area contributed by atoms with E-state index in [0.29, 0.717) is 0 Å². The monoisotopic (exact) mass is 256 g/mol. The number of ether oxygens (including phenoxy) is 1. The van der Waals surface area contributed by atoms with Gasteiger partial charge in [-0.25, -0.2) is 0 Å². The Hall–Kier alpha value is -1.80. The van der Waals surface area contributed by atoms with E-state index in [0.717, 1.165) is 30.6 Å². The first-order valence-electron chi connectivity index (χ1n) is 6.65. The van der Waals surface area contributed by atoms with Crippen molar-refractivity contribution in [2.45, 2.75) is 25.4 Å². The number of aliphatic hydroxyl groups is 1. The lowest BCUT2D eigenvalue weighted by molar-refractivity contribution is 0.164. The molecule has 2 rings (SSSR count). The Morgan fingerprint density at radius 3 is 2.58 bits per heavy atom. The van der Waals surface area contributed by atoms with Crippen molar-refractivity contribution in [1.82, 2.24) is 0 Å². The number of hydrogen-bond acceptors (Lipinski definition) is 2. The summed E-state index contributed by atoms with van der Waals surface area (Å²) in [6, 6.07) is 17.9. The van der Waals surface area contributed by atoms with Gasteiger partial charge in [0.15, 0.2) is 0 Å². The molecule has 0 aliphatic rings. The van der Waals surface area contributed by atoms with E-state index in [-0.39, 0.29) is 6.10 Å². The minimum Gasteiger partial charge on any atom is -0.497 e. The van der Waals surface area contributed by atoms with Crippen molar-refractivity contribution in [2.24, 2.45) is 0 Å². The Kier molecular flexibility index (Phi) is 4.99. The Morgan fingerprint density at radius 2 is 1.84 bits per heavy atom. The van der Waals surface area contributed by atoms with E-state index in [9.17, 15) is 5.11 Å². The molecule has 0 saturated heterocycles. The maximum atomic E-state index is 10.1. The van der Waals surface area contributed by atoms with Crippen LogP contribution in [0.2, 0.25) is 0 Å². The van der Waals surface area contributed by atoms with Gasteiger partial charge in [-0.05, 0) is 42.5 Å². The van der Waals surface area contributed by atoms with E-state index < -0.39 is 0 Å². The van der Waals surface area contributed by atoms with Crippen molar-refractivity contribution >= 4 is 0 Å². The second-order valence-electron chi connectivity index (χ2n) is 4.67. The average molecular weight is 256 g/mol. The number of hydrogen-bond donors (Lipinski definition) is 1. The summed E-state index contributed by atoms with van der Waals surface area (Å²) < 4.78 is 5.20. The van der Waals surface area contributed by atoms with E-state index in [1.54, 1.807) is 7.11 Å². The van der Waals surface area contributed by atoms with E-state index in [2.05, 4.69) is 12.1 Å². The summed E-state index contributed by atoms with van der Waals surface area (Å²) in [6.07, 6.45) is 2.33. The molecule has 0 saturated carbocycles. The molecule has 2 heteroatoms. The number of benzene rings is 2. The molecule has 0 aliphatic heterocycles. The van der Waals surface area contributed by atoms with Crippen LogP contribution in [0.1, 0.15) is 30.1 Å². The van der Waals surface area contributed by atoms with Crippen molar-refractivity contribution < 1.29 is 9.84 Å². The van der Waals surface area contributed by atoms with Crippen LogP contribution in [0.15, 0.2) is 54.6 Å². The molecule has 0 radical (unpaired) electrons. The number of aliphatic hydroxyl groups excluding tert-OH is 1. The second kappa shape index (κ2) is 6.95. The van der Waals surface area contributed by atoms with E-state index in [4.69, 9.17) is 4.74 Å². The van der Waals surface area contributed by atoms with Crippen LogP contribution < -0.4 is 4.74 Å². The van der Waals surface area contributed by atoms with Crippen LogP contribution in [0, 0.1) is 0 Å². The number of methoxy groups -OCH3 is 1. The van der Waals surface area contributed by atoms with Crippen LogP contribution in [0.3, 0.4) is 0 Å². The van der Waals surface area contributed by atoms with E-state index in [1.807, 2.05) is 42.5 Å². The first-order chi connectivity index (χ1) is 9.29. The first-order valence-corrected chi connectivity index (χ1v) is 6.65. The summed E-state index contributed by atoms with van der Waals surface area (Å²) in [5.41, 5.74) is 2.24. The third-order valence-electron chi connectivity index (χ3n) is 3.26. The van der Waals surface area contributed by atoms with Gasteiger partial charge in [-0.2, -0.15) is 0 Å². The highest BCUT2D eigenvalue weighted by atomic mass is 16.5. The van der Waals surface area contributed by atoms with Crippen LogP contribution in [-0.2, 0) is 6.42 Å². The molecule has 0 bridgehead atoms. The molecule has 0 spiro atoms. The third-order valence-corrected chi connectivity index (χ3v) is 3.26. The molecule has 0 aromatic heterocycles. The van der Waals surface area contributed by atoms with Gasteiger partial charge in [-0.1, -0.05) is 42.5 Å². The molecule has 1 atom stereocenters. The lowest BCUT2D eigenvalue weighted by atomic mass is 10.0. The Labute approximate surface area is 114 Å². The third kappa shape index (κ3) is 4.11. The average Bonchev–Trinajstić information content (AvgIpc) is 2.48. The van der Waals surface area contributed by atoms with Crippen molar-refractivity contribution in [3.63, 3.8) is 0 Å². The minimum atomic E-state index is -0.369. The van der Waals surface area contributed by atoms with Gasteiger partial charge in [0.2, 0.25) is 0 Å². The maximum absolute atomic E-state index is 10.1. The van der Waals surface area contributed by atoms with E-state index >= 15 is 0 Å². The van der Waals surface area contributed by atoms with Crippen LogP contribution >= 0.6 is 0 Å². The molecule has 2 aromatic rings. The highest BCUT2D eigenvalue weighted by molar-refractivity contribution is 5.28. The summed E-state index contributed by atoms with van der Waals surface area (Å²) >= 11 is 0. The van der Waals surface area contributed by atoms with E-state index in [1.165, 1.54) is 5.56 Å². The summed E-state index contributed by atoms with van der Waals surface area (Å²) in [5, 5.41) is 10.1. The SMILES string of the molecule is COc1cccc(CCCC(O)c2ccccc2)c1. The number of rotatable bonds is 6. The summed E-state index contributed by atoms with van der Waals surface area (Å²) in [5.74, 6) is 0.890. The van der Waals surface area contributed by atoms with Crippen molar-refractivity contribution in [1.29, 1.82) is 0 Å². The molecule has 2 aromatic carbocycles. The second-order valence-corrected chi connectivity index (χ2v) is 4.67. The largest absolute Gasteiger partial charge is 0.497 e. The molecular weight excluding hydrogens is 236 g/mol. The first kappa shape index (κ1) is 13.6. The van der Waals surface area contributed by atoms with Crippen LogP contribution in [0.25, 0.3) is 0 Å². The highest BCUT2D eigenvalue weighted by Gasteiger charge is 2.06. The topological polar surface area (TPSA) is 29.5 Å². The van der Waals surface area contributed by atoms with Gasteiger partial charge in [0.25, 0.3) is 0 Å². The fraction of sp³-hybridized carbons (Fsp3) is 0.294. The summed E-state index contributed by atoms with van der Waals surface area (Å²) in [4.78, 5) is 0. The molecular formula is C17H20O2. The van der Waals surface area contributed by atoms with Gasteiger partial charge in [0.1, 0.15) is 5.75 Å². The molecule has 0 aliphatic carbocycles. The number of aryl methyl sites for hydroxylation is 1. The van der Waals surface area contributed by atoms with Gasteiger partial charge in [0.05, 0.1) is 13.2 Å². The van der Waals surface area contributed by atoms with Crippen molar-refractivity contribution in [3.8, 4) is 5.75 Å². The van der Waals surface area contributed by atoms with Crippen molar-refractivity contribution in [3.05, 3.63) is 65.7 Å². The standard InChI is InChI=1S/C17H20O2/c1-19-16-11-5-7-14(13-16)8-6-12-17(18)15-9-3-2-4-10-15/h2-5,7,9-11,13,17-18H,6,8,12H2,1H3. The maximum Gasteiger partial charge on any atom is 0.119 e. The van der Waals surface area contributed by atoms with Gasteiger partial charge in [-0.3, -0.25) is 0 Å². The summed E-state index contributed by atoms with van der Waals surface area (Å²) in [6.45, 7) is 0. The van der Waals surface area contributed by atoms with Gasteiger partial charge >= 0.3 is 0 Å². The van der Waals surface area contributed by atoms with Gasteiger partial charge < -0.3 is 9.84 Å². The zero-order valence-electron chi connectivity index (χ0n) is 11.3. The molecule has 1 unspecified atom stereocenters. The Balaban J connectivity index is 1.83. The fourth-order valence-corrected chi connectivity index (χ4v) is 2.17. The van der Waals surface area contributed by atoms with Gasteiger partial charge in [0, 0.05) is 0 Å². The summed E-state index contributed by atoms with van der Waals surface area (Å²) in [7, 11) is 1.68. The lowest BCUT2D eigenvalue weighted by Gasteiger charge is -2.11. The van der Waals surface area contributed by atoms with Gasteiger partial charge in [-0.15, -0.1) is 0 Å². The lowest BCUT2D eigenvalue weighted by Crippen LogP contribution is -1.98. The normalized spacial score (nSPS) is 12.1. The van der Waals surface area contributed by atoms with Crippen molar-refractivity contribution in [2.75, 3.05) is 7.11 Å². The zero-order valence-corrected chi connectivity index (χ0v) is 11.3. The molecule has 0 amide bonds. The zero-order chi connectivity index (χ0) is 13.5. The van der Waals surface area contributed by atoms with Crippen LogP contribution in [0.5, 0.6) is 5.75 Å². The molecule has 0 fully saturated rings. The Morgan fingerprint density at radius 1 is 1.05 bits per heavy atom. The predicted molar refractivity (Wildman–Crippen MR) is 77.3 cm³/mol. The highest BCUT2D eigenvalue weighted by Crippen LogP contribution is 2.20. The Bertz CT molecular complexity index is 494. The molecule has 2 nitrogen and oxygen atoms in total. The van der Waals surface area contributed by atoms with Crippen LogP contribution in [0.4, 0.5) is 0 Å². The van der Waals surface area contributed by atoms with Crippen LogP contribution in [-0.4, -0.2) is 12.2 Å². The quantitative estimate of drug-likeness (QED) is 0.853. The molecule has 0 heterocycles.